The minimum atomic E-state index is 0.572. The van der Waals surface area contributed by atoms with E-state index in [0.717, 1.165) is 55.1 Å². The Labute approximate surface area is 106 Å². The van der Waals surface area contributed by atoms with Gasteiger partial charge in [-0.3, -0.25) is 4.90 Å². The summed E-state index contributed by atoms with van der Waals surface area (Å²) >= 11 is 0. The van der Waals surface area contributed by atoms with Crippen molar-refractivity contribution >= 4 is 11.0 Å². The number of rotatable bonds is 3. The third-order valence-corrected chi connectivity index (χ3v) is 3.41. The van der Waals surface area contributed by atoms with E-state index >= 15 is 0 Å². The monoisotopic (exact) mass is 245 g/mol. The molecule has 4 N–H and O–H groups in total. The summed E-state index contributed by atoms with van der Waals surface area (Å²) in [4.78, 5) is 10.4. The standard InChI is InChI=1S/C13H19N5/c14-8-10-1-2-11-12(7-10)17-13(16-11)9-18-5-3-15-4-6-18/h1-2,7,15H,3-6,8-9,14H2,(H,16,17). The number of hydrogen-bond donors (Lipinski definition) is 3. The summed E-state index contributed by atoms with van der Waals surface area (Å²) < 4.78 is 0. The zero-order chi connectivity index (χ0) is 12.4. The van der Waals surface area contributed by atoms with Gasteiger partial charge in [-0.05, 0) is 17.7 Å². The van der Waals surface area contributed by atoms with Crippen molar-refractivity contribution in [2.75, 3.05) is 26.2 Å². The van der Waals surface area contributed by atoms with Gasteiger partial charge in [-0.1, -0.05) is 6.07 Å². The van der Waals surface area contributed by atoms with Crippen LogP contribution in [0, 0.1) is 0 Å². The molecule has 0 unspecified atom stereocenters. The van der Waals surface area contributed by atoms with Gasteiger partial charge >= 0.3 is 0 Å². The largest absolute Gasteiger partial charge is 0.341 e. The van der Waals surface area contributed by atoms with Crippen molar-refractivity contribution in [1.82, 2.24) is 20.2 Å². The first-order valence-electron chi connectivity index (χ1n) is 6.46. The second-order valence-corrected chi connectivity index (χ2v) is 4.77. The maximum Gasteiger partial charge on any atom is 0.121 e. The van der Waals surface area contributed by atoms with E-state index in [-0.39, 0.29) is 0 Å². The number of nitrogens with two attached hydrogens (primary N) is 1. The summed E-state index contributed by atoms with van der Waals surface area (Å²) in [6.07, 6.45) is 0. The van der Waals surface area contributed by atoms with Crippen molar-refractivity contribution in [2.24, 2.45) is 5.73 Å². The van der Waals surface area contributed by atoms with E-state index in [9.17, 15) is 0 Å². The van der Waals surface area contributed by atoms with Crippen LogP contribution in [0.5, 0.6) is 0 Å². The highest BCUT2D eigenvalue weighted by Crippen LogP contribution is 2.14. The molecular formula is C13H19N5. The number of H-pyrrole nitrogens is 1. The lowest BCUT2D eigenvalue weighted by atomic mass is 10.2. The van der Waals surface area contributed by atoms with Crippen LogP contribution in [0.4, 0.5) is 0 Å². The number of hydrogen-bond acceptors (Lipinski definition) is 4. The second kappa shape index (κ2) is 5.06. The SMILES string of the molecule is NCc1ccc2nc(CN3CCNCC3)[nH]c2c1. The molecule has 1 fully saturated rings. The van der Waals surface area contributed by atoms with Gasteiger partial charge in [-0.15, -0.1) is 0 Å². The maximum absolute atomic E-state index is 5.65. The molecule has 1 aromatic heterocycles. The lowest BCUT2D eigenvalue weighted by Crippen LogP contribution is -2.43. The summed E-state index contributed by atoms with van der Waals surface area (Å²) in [5.41, 5.74) is 8.90. The molecule has 1 aromatic carbocycles. The summed E-state index contributed by atoms with van der Waals surface area (Å²) in [7, 11) is 0. The molecule has 1 aliphatic rings. The van der Waals surface area contributed by atoms with Crippen LogP contribution in [0.3, 0.4) is 0 Å². The van der Waals surface area contributed by atoms with Crippen LogP contribution in [-0.2, 0) is 13.1 Å². The highest BCUT2D eigenvalue weighted by atomic mass is 15.2. The van der Waals surface area contributed by atoms with Gasteiger partial charge in [0.2, 0.25) is 0 Å². The van der Waals surface area contributed by atoms with Gasteiger partial charge in [0.25, 0.3) is 0 Å². The highest BCUT2D eigenvalue weighted by Gasteiger charge is 2.12. The van der Waals surface area contributed by atoms with Crippen LogP contribution >= 0.6 is 0 Å². The average molecular weight is 245 g/mol. The fourth-order valence-electron chi connectivity index (χ4n) is 2.39. The number of piperazine rings is 1. The third kappa shape index (κ3) is 2.38. The number of aromatic amines is 1. The Morgan fingerprint density at radius 3 is 2.89 bits per heavy atom. The van der Waals surface area contributed by atoms with Crippen molar-refractivity contribution in [2.45, 2.75) is 13.1 Å². The maximum atomic E-state index is 5.65. The fraction of sp³-hybridized carbons (Fsp3) is 0.462. The fourth-order valence-corrected chi connectivity index (χ4v) is 2.39. The summed E-state index contributed by atoms with van der Waals surface area (Å²) in [5, 5.41) is 3.36. The van der Waals surface area contributed by atoms with Gasteiger partial charge in [-0.2, -0.15) is 0 Å². The topological polar surface area (TPSA) is 70.0 Å². The third-order valence-electron chi connectivity index (χ3n) is 3.41. The molecule has 0 spiro atoms. The van der Waals surface area contributed by atoms with Crippen LogP contribution in [0.25, 0.3) is 11.0 Å². The first kappa shape index (κ1) is 11.6. The summed E-state index contributed by atoms with van der Waals surface area (Å²) in [6.45, 7) is 5.78. The molecule has 0 atom stereocenters. The molecule has 1 aliphatic heterocycles. The van der Waals surface area contributed by atoms with E-state index in [1.54, 1.807) is 0 Å². The van der Waals surface area contributed by atoms with Crippen LogP contribution < -0.4 is 11.1 Å². The molecule has 96 valence electrons. The number of imidazole rings is 1. The van der Waals surface area contributed by atoms with Crippen LogP contribution in [-0.4, -0.2) is 41.0 Å². The number of fused-ring (bicyclic) bond motifs is 1. The predicted octanol–water partition coefficient (Wildman–Crippen LogP) is 0.427. The van der Waals surface area contributed by atoms with Gasteiger partial charge in [0.1, 0.15) is 5.82 Å². The number of nitrogens with zero attached hydrogens (tertiary/aromatic N) is 2. The molecule has 5 nitrogen and oxygen atoms in total. The molecule has 2 aromatic rings. The first-order chi connectivity index (χ1) is 8.85. The van der Waals surface area contributed by atoms with Crippen LogP contribution in [0.15, 0.2) is 18.2 Å². The van der Waals surface area contributed by atoms with Crippen LogP contribution in [0.2, 0.25) is 0 Å². The molecule has 0 saturated carbocycles. The Morgan fingerprint density at radius 2 is 2.11 bits per heavy atom. The average Bonchev–Trinajstić information content (AvgIpc) is 2.80. The van der Waals surface area contributed by atoms with E-state index in [1.165, 1.54) is 0 Å². The second-order valence-electron chi connectivity index (χ2n) is 4.77. The Bertz CT molecular complexity index is 527. The molecule has 5 heteroatoms. The summed E-state index contributed by atoms with van der Waals surface area (Å²) in [5.74, 6) is 1.04. The lowest BCUT2D eigenvalue weighted by molar-refractivity contribution is 0.229. The predicted molar refractivity (Wildman–Crippen MR) is 72.1 cm³/mol. The normalized spacial score (nSPS) is 17.4. The van der Waals surface area contributed by atoms with Crippen molar-refractivity contribution in [3.05, 3.63) is 29.6 Å². The molecule has 18 heavy (non-hydrogen) atoms. The lowest BCUT2D eigenvalue weighted by Gasteiger charge is -2.26. The molecule has 0 aliphatic carbocycles. The van der Waals surface area contributed by atoms with Gasteiger partial charge in [0.05, 0.1) is 17.6 Å². The zero-order valence-electron chi connectivity index (χ0n) is 10.4. The Kier molecular flexibility index (Phi) is 3.27. The van der Waals surface area contributed by atoms with Gasteiger partial charge in [0.15, 0.2) is 0 Å². The minimum absolute atomic E-state index is 0.572. The van der Waals surface area contributed by atoms with Gasteiger partial charge < -0.3 is 16.0 Å². The molecule has 3 rings (SSSR count). The molecule has 2 heterocycles. The first-order valence-corrected chi connectivity index (χ1v) is 6.46. The molecular weight excluding hydrogens is 226 g/mol. The minimum Gasteiger partial charge on any atom is -0.341 e. The van der Waals surface area contributed by atoms with Crippen molar-refractivity contribution in [1.29, 1.82) is 0 Å². The van der Waals surface area contributed by atoms with E-state index < -0.39 is 0 Å². The van der Waals surface area contributed by atoms with E-state index in [2.05, 4.69) is 26.3 Å². The highest BCUT2D eigenvalue weighted by molar-refractivity contribution is 5.75. The Balaban J connectivity index is 1.79. The zero-order valence-corrected chi connectivity index (χ0v) is 10.4. The van der Waals surface area contributed by atoms with Crippen molar-refractivity contribution < 1.29 is 0 Å². The summed E-state index contributed by atoms with van der Waals surface area (Å²) in [6, 6.07) is 6.16. The Hall–Kier alpha value is -1.43. The van der Waals surface area contributed by atoms with Gasteiger partial charge in [0, 0.05) is 32.7 Å². The quantitative estimate of drug-likeness (QED) is 0.733. The van der Waals surface area contributed by atoms with E-state index in [0.29, 0.717) is 6.54 Å². The van der Waals surface area contributed by atoms with Crippen molar-refractivity contribution in [3.8, 4) is 0 Å². The van der Waals surface area contributed by atoms with Crippen molar-refractivity contribution in [3.63, 3.8) is 0 Å². The van der Waals surface area contributed by atoms with E-state index in [1.807, 2.05) is 12.1 Å². The number of aromatic nitrogens is 2. The van der Waals surface area contributed by atoms with E-state index in [4.69, 9.17) is 5.73 Å². The molecule has 0 radical (unpaired) electrons. The number of benzene rings is 1. The van der Waals surface area contributed by atoms with Crippen LogP contribution in [0.1, 0.15) is 11.4 Å². The van der Waals surface area contributed by atoms with Gasteiger partial charge in [-0.25, -0.2) is 4.98 Å². The molecule has 1 saturated heterocycles. The molecule has 0 bridgehead atoms. The smallest absolute Gasteiger partial charge is 0.121 e. The molecule has 0 amide bonds. The number of nitrogens with one attached hydrogen (secondary N) is 2. The Morgan fingerprint density at radius 1 is 1.28 bits per heavy atom.